The summed E-state index contributed by atoms with van der Waals surface area (Å²) in [7, 11) is 3.11. The Morgan fingerprint density at radius 2 is 2.10 bits per heavy atom. The fourth-order valence-electron chi connectivity index (χ4n) is 1.55. The highest BCUT2D eigenvalue weighted by Gasteiger charge is 2.33. The summed E-state index contributed by atoms with van der Waals surface area (Å²) >= 11 is 0. The van der Waals surface area contributed by atoms with E-state index < -0.39 is 17.5 Å². The third-order valence-electron chi connectivity index (χ3n) is 3.31. The van der Waals surface area contributed by atoms with Crippen LogP contribution < -0.4 is 15.0 Å². The van der Waals surface area contributed by atoms with Gasteiger partial charge in [-0.05, 0) is 25.5 Å². The van der Waals surface area contributed by atoms with E-state index in [-0.39, 0.29) is 0 Å². The van der Waals surface area contributed by atoms with Gasteiger partial charge in [-0.1, -0.05) is 13.0 Å². The lowest BCUT2D eigenvalue weighted by atomic mass is 10.00. The number of carbonyl (C=O) groups excluding carboxylic acids is 1. The Morgan fingerprint density at radius 3 is 2.60 bits per heavy atom. The lowest BCUT2D eigenvalue weighted by Crippen LogP contribution is -2.55. The first kappa shape index (κ1) is 15.8. The molecular formula is C14H20N2O4. The summed E-state index contributed by atoms with van der Waals surface area (Å²) in [5, 5.41) is 11.7. The lowest BCUT2D eigenvalue weighted by Gasteiger charge is -2.28. The van der Waals surface area contributed by atoms with Crippen LogP contribution in [0, 0.1) is 0 Å². The average molecular weight is 280 g/mol. The van der Waals surface area contributed by atoms with Gasteiger partial charge in [0.1, 0.15) is 11.3 Å². The Kier molecular flexibility index (Phi) is 4.96. The molecule has 110 valence electrons. The number of anilines is 1. The molecule has 1 unspecified atom stereocenters. The van der Waals surface area contributed by atoms with Gasteiger partial charge >= 0.3 is 12.0 Å². The van der Waals surface area contributed by atoms with Gasteiger partial charge in [0.15, 0.2) is 0 Å². The van der Waals surface area contributed by atoms with Gasteiger partial charge in [-0.15, -0.1) is 0 Å². The molecule has 0 spiro atoms. The van der Waals surface area contributed by atoms with Gasteiger partial charge < -0.3 is 15.2 Å². The fourth-order valence-corrected chi connectivity index (χ4v) is 1.55. The smallest absolute Gasteiger partial charge is 0.329 e. The molecular weight excluding hydrogens is 260 g/mol. The SMILES string of the molecule is CCC(C)(NC(=O)N(C)c1cccc(OC)c1)C(=O)O. The molecule has 0 radical (unpaired) electrons. The number of hydrogen-bond acceptors (Lipinski definition) is 3. The highest BCUT2D eigenvalue weighted by Crippen LogP contribution is 2.20. The van der Waals surface area contributed by atoms with Crippen molar-refractivity contribution in [1.82, 2.24) is 5.32 Å². The molecule has 0 aromatic heterocycles. The summed E-state index contributed by atoms with van der Waals surface area (Å²) in [4.78, 5) is 24.7. The number of hydrogen-bond donors (Lipinski definition) is 2. The van der Waals surface area contributed by atoms with Crippen molar-refractivity contribution in [2.24, 2.45) is 0 Å². The minimum atomic E-state index is -1.29. The monoisotopic (exact) mass is 280 g/mol. The molecule has 1 aromatic carbocycles. The minimum Gasteiger partial charge on any atom is -0.497 e. The van der Waals surface area contributed by atoms with Crippen LogP contribution in [0.25, 0.3) is 0 Å². The predicted octanol–water partition coefficient (Wildman–Crippen LogP) is 2.09. The number of aliphatic carboxylic acids is 1. The normalized spacial score (nSPS) is 13.2. The van der Waals surface area contributed by atoms with E-state index in [0.29, 0.717) is 17.9 Å². The number of carboxylic acids is 1. The maximum atomic E-state index is 12.1. The van der Waals surface area contributed by atoms with Crippen LogP contribution in [0.1, 0.15) is 20.3 Å². The van der Waals surface area contributed by atoms with E-state index >= 15 is 0 Å². The highest BCUT2D eigenvalue weighted by molar-refractivity contribution is 5.95. The summed E-state index contributed by atoms with van der Waals surface area (Å²) in [5.74, 6) is -0.439. The molecule has 1 atom stereocenters. The first-order valence-electron chi connectivity index (χ1n) is 6.27. The van der Waals surface area contributed by atoms with Crippen molar-refractivity contribution in [2.45, 2.75) is 25.8 Å². The van der Waals surface area contributed by atoms with E-state index in [2.05, 4.69) is 5.32 Å². The summed E-state index contributed by atoms with van der Waals surface area (Å²) in [5.41, 5.74) is -0.671. The van der Waals surface area contributed by atoms with Crippen molar-refractivity contribution in [3.8, 4) is 5.75 Å². The van der Waals surface area contributed by atoms with E-state index in [1.165, 1.54) is 18.9 Å². The number of benzene rings is 1. The van der Waals surface area contributed by atoms with Crippen molar-refractivity contribution >= 4 is 17.7 Å². The van der Waals surface area contributed by atoms with Gasteiger partial charge in [0.2, 0.25) is 0 Å². The minimum absolute atomic E-state index is 0.292. The van der Waals surface area contributed by atoms with Crippen LogP contribution >= 0.6 is 0 Å². The van der Waals surface area contributed by atoms with Gasteiger partial charge in [-0.3, -0.25) is 4.90 Å². The van der Waals surface area contributed by atoms with Crippen molar-refractivity contribution in [2.75, 3.05) is 19.1 Å². The second kappa shape index (κ2) is 6.27. The first-order valence-corrected chi connectivity index (χ1v) is 6.27. The zero-order valence-corrected chi connectivity index (χ0v) is 12.1. The molecule has 0 aliphatic heterocycles. The van der Waals surface area contributed by atoms with E-state index in [4.69, 9.17) is 9.84 Å². The molecule has 1 aromatic rings. The number of ether oxygens (including phenoxy) is 1. The largest absolute Gasteiger partial charge is 0.497 e. The Morgan fingerprint density at radius 1 is 1.45 bits per heavy atom. The summed E-state index contributed by atoms with van der Waals surface area (Å²) in [6, 6.07) is 6.48. The third-order valence-corrected chi connectivity index (χ3v) is 3.31. The van der Waals surface area contributed by atoms with Crippen LogP contribution in [0.4, 0.5) is 10.5 Å². The topological polar surface area (TPSA) is 78.9 Å². The second-order valence-electron chi connectivity index (χ2n) is 4.68. The van der Waals surface area contributed by atoms with Crippen LogP contribution in [0.5, 0.6) is 5.75 Å². The highest BCUT2D eigenvalue weighted by atomic mass is 16.5. The third kappa shape index (κ3) is 3.40. The Hall–Kier alpha value is -2.24. The van der Waals surface area contributed by atoms with Gasteiger partial charge in [0, 0.05) is 18.8 Å². The molecule has 0 saturated heterocycles. The van der Waals surface area contributed by atoms with E-state index in [1.54, 1.807) is 38.2 Å². The molecule has 1 rings (SSSR count). The van der Waals surface area contributed by atoms with Gasteiger partial charge in [0.25, 0.3) is 0 Å². The average Bonchev–Trinajstić information content (AvgIpc) is 2.45. The molecule has 0 aliphatic rings. The van der Waals surface area contributed by atoms with E-state index in [1.807, 2.05) is 0 Å². The van der Waals surface area contributed by atoms with Crippen LogP contribution in [-0.2, 0) is 4.79 Å². The zero-order valence-electron chi connectivity index (χ0n) is 12.1. The lowest BCUT2D eigenvalue weighted by molar-refractivity contribution is -0.143. The summed E-state index contributed by atoms with van der Waals surface area (Å²) < 4.78 is 5.09. The van der Waals surface area contributed by atoms with Crippen molar-refractivity contribution < 1.29 is 19.4 Å². The van der Waals surface area contributed by atoms with Crippen molar-refractivity contribution in [3.05, 3.63) is 24.3 Å². The molecule has 2 amide bonds. The van der Waals surface area contributed by atoms with Crippen LogP contribution in [0.2, 0.25) is 0 Å². The predicted molar refractivity (Wildman–Crippen MR) is 76.3 cm³/mol. The number of nitrogens with zero attached hydrogens (tertiary/aromatic N) is 1. The number of amides is 2. The molecule has 6 nitrogen and oxygen atoms in total. The molecule has 2 N–H and O–H groups in total. The van der Waals surface area contributed by atoms with Crippen molar-refractivity contribution in [1.29, 1.82) is 0 Å². The summed E-state index contributed by atoms with van der Waals surface area (Å²) in [6.07, 6.45) is 0.292. The van der Waals surface area contributed by atoms with Crippen LogP contribution in [0.3, 0.4) is 0 Å². The van der Waals surface area contributed by atoms with Crippen LogP contribution in [0.15, 0.2) is 24.3 Å². The van der Waals surface area contributed by atoms with Gasteiger partial charge in [-0.2, -0.15) is 0 Å². The molecule has 0 heterocycles. The standard InChI is InChI=1S/C14H20N2O4/c1-5-14(2,12(17)18)15-13(19)16(3)10-7-6-8-11(9-10)20-4/h6-9H,5H2,1-4H3,(H,15,19)(H,17,18). The second-order valence-corrected chi connectivity index (χ2v) is 4.68. The molecule has 0 bridgehead atoms. The van der Waals surface area contributed by atoms with Gasteiger partial charge in [0.05, 0.1) is 7.11 Å². The Labute approximate surface area is 118 Å². The number of carboxylic acid groups (broad SMARTS) is 1. The molecule has 0 fully saturated rings. The zero-order chi connectivity index (χ0) is 15.3. The number of methoxy groups -OCH3 is 1. The Balaban J connectivity index is 2.88. The number of carbonyl (C=O) groups is 2. The quantitative estimate of drug-likeness (QED) is 0.865. The number of rotatable bonds is 5. The molecule has 0 saturated carbocycles. The van der Waals surface area contributed by atoms with E-state index in [0.717, 1.165) is 0 Å². The van der Waals surface area contributed by atoms with Crippen LogP contribution in [-0.4, -0.2) is 36.8 Å². The molecule has 0 aliphatic carbocycles. The fraction of sp³-hybridized carbons (Fsp3) is 0.429. The first-order chi connectivity index (χ1) is 9.34. The molecule has 6 heteroatoms. The number of urea groups is 1. The maximum Gasteiger partial charge on any atom is 0.329 e. The van der Waals surface area contributed by atoms with Crippen molar-refractivity contribution in [3.63, 3.8) is 0 Å². The summed E-state index contributed by atoms with van der Waals surface area (Å²) in [6.45, 7) is 3.19. The molecule has 20 heavy (non-hydrogen) atoms. The Bertz CT molecular complexity index is 504. The van der Waals surface area contributed by atoms with Gasteiger partial charge in [-0.25, -0.2) is 9.59 Å². The maximum absolute atomic E-state index is 12.1. The number of nitrogens with one attached hydrogen (secondary N) is 1. The van der Waals surface area contributed by atoms with E-state index in [9.17, 15) is 9.59 Å².